The number of piperidine rings is 1. The van der Waals surface area contributed by atoms with Crippen molar-refractivity contribution >= 4 is 0 Å². The topological polar surface area (TPSA) is 42.7 Å². The lowest BCUT2D eigenvalue weighted by molar-refractivity contribution is 0.318. The van der Waals surface area contributed by atoms with Crippen LogP contribution in [0.1, 0.15) is 18.5 Å². The van der Waals surface area contributed by atoms with Crippen molar-refractivity contribution in [2.24, 2.45) is 5.92 Å². The number of nitrogens with zero attached hydrogens (tertiary/aromatic N) is 3. The Balaban J connectivity index is 1.89. The first-order valence-electron chi connectivity index (χ1n) is 4.92. The third kappa shape index (κ3) is 2.28. The van der Waals surface area contributed by atoms with Crippen LogP contribution in [0.5, 0.6) is 0 Å². The Morgan fingerprint density at radius 3 is 2.92 bits per heavy atom. The van der Waals surface area contributed by atoms with Gasteiger partial charge in [0, 0.05) is 12.7 Å². The van der Waals surface area contributed by atoms with E-state index in [9.17, 15) is 0 Å². The van der Waals surface area contributed by atoms with Gasteiger partial charge in [-0.2, -0.15) is 0 Å². The minimum Gasteiger partial charge on any atom is -0.317 e. The third-order valence-electron chi connectivity index (χ3n) is 2.56. The molecule has 1 aliphatic heterocycles. The first kappa shape index (κ1) is 8.69. The summed E-state index contributed by atoms with van der Waals surface area (Å²) in [6.07, 6.45) is 4.54. The second-order valence-electron chi connectivity index (χ2n) is 3.78. The molecule has 1 saturated heterocycles. The molecule has 2 rings (SSSR count). The number of hydrogen-bond acceptors (Lipinski definition) is 3. The number of aryl methyl sites for hydroxylation is 1. The van der Waals surface area contributed by atoms with Crippen molar-refractivity contribution in [1.29, 1.82) is 0 Å². The van der Waals surface area contributed by atoms with E-state index in [1.807, 2.05) is 17.8 Å². The monoisotopic (exact) mass is 180 g/mol. The SMILES string of the molecule is Cc1cn(CC2CCNCC2)nn1. The Morgan fingerprint density at radius 1 is 1.54 bits per heavy atom. The molecule has 4 nitrogen and oxygen atoms in total. The summed E-state index contributed by atoms with van der Waals surface area (Å²) in [7, 11) is 0. The predicted molar refractivity (Wildman–Crippen MR) is 50.4 cm³/mol. The summed E-state index contributed by atoms with van der Waals surface area (Å²) in [5.41, 5.74) is 1.01. The molecule has 1 N–H and O–H groups in total. The molecule has 0 atom stereocenters. The lowest BCUT2D eigenvalue weighted by Crippen LogP contribution is -2.30. The van der Waals surface area contributed by atoms with Gasteiger partial charge in [-0.1, -0.05) is 5.21 Å². The van der Waals surface area contributed by atoms with Crippen molar-refractivity contribution in [2.45, 2.75) is 26.3 Å². The average molecular weight is 180 g/mol. The predicted octanol–water partition coefficient (Wildman–Crippen LogP) is 0.586. The van der Waals surface area contributed by atoms with Gasteiger partial charge in [0.05, 0.1) is 5.69 Å². The molecule has 0 amide bonds. The van der Waals surface area contributed by atoms with Gasteiger partial charge in [0.15, 0.2) is 0 Å². The van der Waals surface area contributed by atoms with Gasteiger partial charge in [-0.15, -0.1) is 5.10 Å². The van der Waals surface area contributed by atoms with Crippen molar-refractivity contribution in [1.82, 2.24) is 20.3 Å². The van der Waals surface area contributed by atoms with Crippen LogP contribution in [0, 0.1) is 12.8 Å². The zero-order chi connectivity index (χ0) is 9.10. The fraction of sp³-hybridized carbons (Fsp3) is 0.778. The van der Waals surface area contributed by atoms with Crippen LogP contribution in [-0.4, -0.2) is 28.1 Å². The van der Waals surface area contributed by atoms with E-state index < -0.39 is 0 Å². The molecule has 1 aromatic heterocycles. The molecule has 72 valence electrons. The van der Waals surface area contributed by atoms with Crippen molar-refractivity contribution in [3.63, 3.8) is 0 Å². The van der Waals surface area contributed by atoms with Crippen molar-refractivity contribution in [3.05, 3.63) is 11.9 Å². The van der Waals surface area contributed by atoms with E-state index in [2.05, 4.69) is 15.6 Å². The van der Waals surface area contributed by atoms with E-state index in [-0.39, 0.29) is 0 Å². The van der Waals surface area contributed by atoms with Gasteiger partial charge in [0.25, 0.3) is 0 Å². The van der Waals surface area contributed by atoms with E-state index in [1.165, 1.54) is 12.8 Å². The van der Waals surface area contributed by atoms with E-state index in [4.69, 9.17) is 0 Å². The Morgan fingerprint density at radius 2 is 2.31 bits per heavy atom. The van der Waals surface area contributed by atoms with Crippen LogP contribution in [0.25, 0.3) is 0 Å². The van der Waals surface area contributed by atoms with E-state index in [1.54, 1.807) is 0 Å². The van der Waals surface area contributed by atoms with Gasteiger partial charge in [0.2, 0.25) is 0 Å². The molecule has 0 aliphatic carbocycles. The molecule has 0 aromatic carbocycles. The van der Waals surface area contributed by atoms with Crippen LogP contribution in [0.2, 0.25) is 0 Å². The summed E-state index contributed by atoms with van der Waals surface area (Å²) in [4.78, 5) is 0. The normalized spacial score (nSPS) is 19.2. The molecule has 0 spiro atoms. The lowest BCUT2D eigenvalue weighted by atomic mass is 9.98. The summed E-state index contributed by atoms with van der Waals surface area (Å²) in [6.45, 7) is 5.31. The second kappa shape index (κ2) is 3.87. The van der Waals surface area contributed by atoms with Gasteiger partial charge >= 0.3 is 0 Å². The van der Waals surface area contributed by atoms with Crippen LogP contribution in [0.15, 0.2) is 6.20 Å². The first-order valence-corrected chi connectivity index (χ1v) is 4.92. The minimum absolute atomic E-state index is 0.780. The van der Waals surface area contributed by atoms with Crippen LogP contribution in [-0.2, 0) is 6.54 Å². The van der Waals surface area contributed by atoms with E-state index in [0.717, 1.165) is 31.2 Å². The molecule has 0 saturated carbocycles. The van der Waals surface area contributed by atoms with Gasteiger partial charge in [-0.3, -0.25) is 4.68 Å². The van der Waals surface area contributed by atoms with Crippen molar-refractivity contribution in [3.8, 4) is 0 Å². The first-order chi connectivity index (χ1) is 6.34. The van der Waals surface area contributed by atoms with E-state index in [0.29, 0.717) is 0 Å². The second-order valence-corrected chi connectivity index (χ2v) is 3.78. The molecular weight excluding hydrogens is 164 g/mol. The zero-order valence-electron chi connectivity index (χ0n) is 8.03. The Hall–Kier alpha value is -0.900. The molecule has 2 heterocycles. The highest BCUT2D eigenvalue weighted by atomic mass is 15.4. The van der Waals surface area contributed by atoms with Crippen LogP contribution in [0.3, 0.4) is 0 Å². The fourth-order valence-electron chi connectivity index (χ4n) is 1.81. The molecular formula is C9H16N4. The molecule has 0 radical (unpaired) electrons. The maximum absolute atomic E-state index is 4.06. The van der Waals surface area contributed by atoms with Crippen LogP contribution in [0.4, 0.5) is 0 Å². The Labute approximate surface area is 78.3 Å². The number of hydrogen-bond donors (Lipinski definition) is 1. The van der Waals surface area contributed by atoms with Crippen molar-refractivity contribution in [2.75, 3.05) is 13.1 Å². The summed E-state index contributed by atoms with van der Waals surface area (Å²) < 4.78 is 1.96. The van der Waals surface area contributed by atoms with Gasteiger partial charge in [-0.05, 0) is 38.8 Å². The molecule has 1 aromatic rings. The smallest absolute Gasteiger partial charge is 0.0796 e. The maximum atomic E-state index is 4.06. The molecule has 0 bridgehead atoms. The molecule has 0 unspecified atom stereocenters. The average Bonchev–Trinajstić information content (AvgIpc) is 2.53. The van der Waals surface area contributed by atoms with E-state index >= 15 is 0 Å². The standard InChI is InChI=1S/C9H16N4/c1-8-6-13(12-11-8)7-9-2-4-10-5-3-9/h6,9-10H,2-5,7H2,1H3. The molecule has 13 heavy (non-hydrogen) atoms. The zero-order valence-corrected chi connectivity index (χ0v) is 8.03. The number of nitrogens with one attached hydrogen (secondary N) is 1. The summed E-state index contributed by atoms with van der Waals surface area (Å²) in [5, 5.41) is 11.4. The van der Waals surface area contributed by atoms with Gasteiger partial charge < -0.3 is 5.32 Å². The molecule has 1 fully saturated rings. The lowest BCUT2D eigenvalue weighted by Gasteiger charge is -2.21. The summed E-state index contributed by atoms with van der Waals surface area (Å²) in [6, 6.07) is 0. The molecule has 4 heteroatoms. The highest BCUT2D eigenvalue weighted by molar-refractivity contribution is 4.86. The molecule has 1 aliphatic rings. The highest BCUT2D eigenvalue weighted by Gasteiger charge is 2.13. The maximum Gasteiger partial charge on any atom is 0.0796 e. The Kier molecular flexibility index (Phi) is 2.59. The fourth-order valence-corrected chi connectivity index (χ4v) is 1.81. The van der Waals surface area contributed by atoms with Crippen LogP contribution >= 0.6 is 0 Å². The number of rotatable bonds is 2. The summed E-state index contributed by atoms with van der Waals surface area (Å²) in [5.74, 6) is 0.780. The minimum atomic E-state index is 0.780. The third-order valence-corrected chi connectivity index (χ3v) is 2.56. The highest BCUT2D eigenvalue weighted by Crippen LogP contribution is 2.13. The largest absolute Gasteiger partial charge is 0.317 e. The Bertz CT molecular complexity index is 262. The quantitative estimate of drug-likeness (QED) is 0.724. The summed E-state index contributed by atoms with van der Waals surface area (Å²) >= 11 is 0. The van der Waals surface area contributed by atoms with Crippen LogP contribution < -0.4 is 5.32 Å². The van der Waals surface area contributed by atoms with Gasteiger partial charge in [0.1, 0.15) is 0 Å². The number of aromatic nitrogens is 3. The van der Waals surface area contributed by atoms with Gasteiger partial charge in [-0.25, -0.2) is 0 Å². The van der Waals surface area contributed by atoms with Crippen molar-refractivity contribution < 1.29 is 0 Å².